The van der Waals surface area contributed by atoms with Crippen LogP contribution in [0.25, 0.3) is 0 Å². The molecule has 0 unspecified atom stereocenters. The van der Waals surface area contributed by atoms with Gasteiger partial charge >= 0.3 is 0 Å². The topological polar surface area (TPSA) is 52.7 Å². The lowest BCUT2D eigenvalue weighted by molar-refractivity contribution is -0.118. The Morgan fingerprint density at radius 3 is 2.48 bits per heavy atom. The molecule has 0 aliphatic carbocycles. The number of anilines is 1. The Morgan fingerprint density at radius 2 is 1.83 bits per heavy atom. The van der Waals surface area contributed by atoms with Crippen molar-refractivity contribution < 1.29 is 9.59 Å². The van der Waals surface area contributed by atoms with Gasteiger partial charge in [0.2, 0.25) is 5.91 Å². The van der Waals surface area contributed by atoms with Gasteiger partial charge in [0, 0.05) is 35.4 Å². The highest BCUT2D eigenvalue weighted by molar-refractivity contribution is 6.30. The van der Waals surface area contributed by atoms with E-state index in [4.69, 9.17) is 11.6 Å². The summed E-state index contributed by atoms with van der Waals surface area (Å²) in [6.07, 6.45) is 2.74. The molecule has 1 heterocycles. The minimum atomic E-state index is -0.0384. The van der Waals surface area contributed by atoms with E-state index >= 15 is 0 Å². The van der Waals surface area contributed by atoms with Crippen LogP contribution in [0.15, 0.2) is 54.6 Å². The van der Waals surface area contributed by atoms with Crippen LogP contribution in [0.1, 0.15) is 36.5 Å². The van der Waals surface area contributed by atoms with Gasteiger partial charge in [-0.25, -0.2) is 0 Å². The van der Waals surface area contributed by atoms with Crippen molar-refractivity contribution in [3.05, 3.63) is 65.2 Å². The number of nitrogens with zero attached hydrogens (tertiary/aromatic N) is 2. The van der Waals surface area contributed by atoms with Gasteiger partial charge in [-0.3, -0.25) is 14.5 Å². The van der Waals surface area contributed by atoms with Gasteiger partial charge in [-0.05, 0) is 56.1 Å². The highest BCUT2D eigenvalue weighted by Crippen LogP contribution is 2.20. The Labute approximate surface area is 177 Å². The van der Waals surface area contributed by atoms with Crippen LogP contribution in [0.2, 0.25) is 5.02 Å². The smallest absolute Gasteiger partial charge is 0.253 e. The van der Waals surface area contributed by atoms with Gasteiger partial charge in [0.1, 0.15) is 0 Å². The molecule has 1 saturated heterocycles. The SMILES string of the molecule is CCCN(CC(=O)Nc1cccc(Cl)c1)C1CCN(C(=O)c2ccccc2)CC1. The maximum atomic E-state index is 12.6. The normalized spacial score (nSPS) is 14.8. The summed E-state index contributed by atoms with van der Waals surface area (Å²) >= 11 is 6.00. The van der Waals surface area contributed by atoms with Gasteiger partial charge in [0.25, 0.3) is 5.91 Å². The first-order valence-electron chi connectivity index (χ1n) is 10.2. The van der Waals surface area contributed by atoms with Crippen molar-refractivity contribution >= 4 is 29.1 Å². The molecule has 0 atom stereocenters. The first-order valence-corrected chi connectivity index (χ1v) is 10.6. The summed E-state index contributed by atoms with van der Waals surface area (Å²) < 4.78 is 0. The quantitative estimate of drug-likeness (QED) is 0.736. The highest BCUT2D eigenvalue weighted by Gasteiger charge is 2.28. The molecule has 0 aromatic heterocycles. The van der Waals surface area contributed by atoms with E-state index in [1.54, 1.807) is 12.1 Å². The molecule has 5 nitrogen and oxygen atoms in total. The lowest BCUT2D eigenvalue weighted by atomic mass is 10.0. The summed E-state index contributed by atoms with van der Waals surface area (Å²) in [6.45, 7) is 4.76. The third-order valence-electron chi connectivity index (χ3n) is 5.25. The number of carbonyl (C=O) groups excluding carboxylic acids is 2. The number of piperidine rings is 1. The van der Waals surface area contributed by atoms with Gasteiger partial charge in [-0.1, -0.05) is 42.8 Å². The minimum absolute atomic E-state index is 0.0384. The fourth-order valence-electron chi connectivity index (χ4n) is 3.83. The second-order valence-electron chi connectivity index (χ2n) is 7.42. The number of halogens is 1. The van der Waals surface area contributed by atoms with Crippen molar-refractivity contribution in [1.82, 2.24) is 9.80 Å². The third-order valence-corrected chi connectivity index (χ3v) is 5.49. The van der Waals surface area contributed by atoms with E-state index in [-0.39, 0.29) is 11.8 Å². The summed E-state index contributed by atoms with van der Waals surface area (Å²) in [5.41, 5.74) is 1.44. The van der Waals surface area contributed by atoms with Crippen molar-refractivity contribution in [2.24, 2.45) is 0 Å². The second kappa shape index (κ2) is 10.4. The summed E-state index contributed by atoms with van der Waals surface area (Å²) in [5, 5.41) is 3.53. The summed E-state index contributed by atoms with van der Waals surface area (Å²) in [4.78, 5) is 29.4. The first-order chi connectivity index (χ1) is 14.1. The predicted molar refractivity (Wildman–Crippen MR) is 117 cm³/mol. The van der Waals surface area contributed by atoms with Crippen LogP contribution in [0, 0.1) is 0 Å². The number of amides is 2. The molecule has 2 aromatic carbocycles. The zero-order valence-corrected chi connectivity index (χ0v) is 17.6. The van der Waals surface area contributed by atoms with Gasteiger partial charge < -0.3 is 10.2 Å². The van der Waals surface area contributed by atoms with Crippen molar-refractivity contribution in [1.29, 1.82) is 0 Å². The van der Waals surface area contributed by atoms with Crippen molar-refractivity contribution in [3.8, 4) is 0 Å². The molecule has 2 aromatic rings. The predicted octanol–water partition coefficient (Wildman–Crippen LogP) is 4.30. The number of hydrogen-bond acceptors (Lipinski definition) is 3. The number of nitrogens with one attached hydrogen (secondary N) is 1. The molecule has 1 aliphatic rings. The van der Waals surface area contributed by atoms with Gasteiger partial charge in [-0.15, -0.1) is 0 Å². The lowest BCUT2D eigenvalue weighted by Crippen LogP contribution is -2.49. The molecule has 29 heavy (non-hydrogen) atoms. The van der Waals surface area contributed by atoms with E-state index in [1.165, 1.54) is 0 Å². The van der Waals surface area contributed by atoms with Gasteiger partial charge in [0.15, 0.2) is 0 Å². The third kappa shape index (κ3) is 6.05. The standard InChI is InChI=1S/C23H28ClN3O2/c1-2-13-27(17-22(28)25-20-10-6-9-19(24)16-20)21-11-14-26(15-12-21)23(29)18-7-4-3-5-8-18/h3-10,16,21H,2,11-15,17H2,1H3,(H,25,28). The molecule has 0 bridgehead atoms. The molecular formula is C23H28ClN3O2. The molecule has 2 amide bonds. The number of likely N-dealkylation sites (tertiary alicyclic amines) is 1. The van der Waals surface area contributed by atoms with E-state index in [1.807, 2.05) is 47.4 Å². The fraction of sp³-hybridized carbons (Fsp3) is 0.391. The number of carbonyl (C=O) groups is 2. The van der Waals surface area contributed by atoms with E-state index in [9.17, 15) is 9.59 Å². The average Bonchev–Trinajstić information content (AvgIpc) is 2.74. The van der Waals surface area contributed by atoms with Crippen molar-refractivity contribution in [3.63, 3.8) is 0 Å². The van der Waals surface area contributed by atoms with Crippen LogP contribution >= 0.6 is 11.6 Å². The molecule has 1 N–H and O–H groups in total. The van der Waals surface area contributed by atoms with E-state index < -0.39 is 0 Å². The Kier molecular flexibility index (Phi) is 7.67. The maximum Gasteiger partial charge on any atom is 0.253 e. The van der Waals surface area contributed by atoms with Crippen LogP contribution in [0.4, 0.5) is 5.69 Å². The van der Waals surface area contributed by atoms with Crippen LogP contribution < -0.4 is 5.32 Å². The Hall–Kier alpha value is -2.37. The van der Waals surface area contributed by atoms with Crippen LogP contribution in [0.3, 0.4) is 0 Å². The minimum Gasteiger partial charge on any atom is -0.339 e. The van der Waals surface area contributed by atoms with Gasteiger partial charge in [-0.2, -0.15) is 0 Å². The lowest BCUT2D eigenvalue weighted by Gasteiger charge is -2.38. The molecule has 3 rings (SSSR count). The second-order valence-corrected chi connectivity index (χ2v) is 7.85. The van der Waals surface area contributed by atoms with Crippen molar-refractivity contribution in [2.75, 3.05) is 31.5 Å². The molecule has 6 heteroatoms. The molecule has 1 aliphatic heterocycles. The molecule has 0 radical (unpaired) electrons. The summed E-state index contributed by atoms with van der Waals surface area (Å²) in [7, 11) is 0. The highest BCUT2D eigenvalue weighted by atomic mass is 35.5. The van der Waals surface area contributed by atoms with Crippen molar-refractivity contribution in [2.45, 2.75) is 32.2 Å². The first kappa shape index (κ1) is 21.3. The van der Waals surface area contributed by atoms with Gasteiger partial charge in [0.05, 0.1) is 6.54 Å². The monoisotopic (exact) mass is 413 g/mol. The van der Waals surface area contributed by atoms with E-state index in [0.717, 1.165) is 31.4 Å². The zero-order chi connectivity index (χ0) is 20.6. The number of hydrogen-bond donors (Lipinski definition) is 1. The zero-order valence-electron chi connectivity index (χ0n) is 16.8. The summed E-state index contributed by atoms with van der Waals surface area (Å²) in [6, 6.07) is 16.9. The van der Waals surface area contributed by atoms with Crippen LogP contribution in [-0.4, -0.2) is 53.8 Å². The largest absolute Gasteiger partial charge is 0.339 e. The Morgan fingerprint density at radius 1 is 1.10 bits per heavy atom. The molecular weight excluding hydrogens is 386 g/mol. The molecule has 154 valence electrons. The summed E-state index contributed by atoms with van der Waals surface area (Å²) in [5.74, 6) is 0.0494. The fourth-order valence-corrected chi connectivity index (χ4v) is 4.02. The van der Waals surface area contributed by atoms with E-state index in [2.05, 4.69) is 17.1 Å². The molecule has 1 fully saturated rings. The van der Waals surface area contributed by atoms with Crippen LogP contribution in [-0.2, 0) is 4.79 Å². The number of rotatable bonds is 7. The Bertz CT molecular complexity index is 820. The molecule has 0 spiro atoms. The maximum absolute atomic E-state index is 12.6. The van der Waals surface area contributed by atoms with E-state index in [0.29, 0.717) is 36.4 Å². The molecule has 0 saturated carbocycles. The average molecular weight is 414 g/mol. The van der Waals surface area contributed by atoms with Crippen LogP contribution in [0.5, 0.6) is 0 Å². The Balaban J connectivity index is 1.54. The number of benzene rings is 2.